The Kier molecular flexibility index (Phi) is 2.83. The van der Waals surface area contributed by atoms with E-state index in [1.54, 1.807) is 24.3 Å². The SMILES string of the molecule is O=C1NC(=O)/C(=C\c2ccc(-c3ccc(F)cc3)o2)N1. The molecule has 0 bridgehead atoms. The van der Waals surface area contributed by atoms with Crippen molar-refractivity contribution < 1.29 is 18.4 Å². The van der Waals surface area contributed by atoms with Gasteiger partial charge in [-0.15, -0.1) is 0 Å². The fraction of sp³-hybridized carbons (Fsp3) is 0. The molecule has 0 atom stereocenters. The van der Waals surface area contributed by atoms with Crippen molar-refractivity contribution in [2.75, 3.05) is 0 Å². The summed E-state index contributed by atoms with van der Waals surface area (Å²) in [6, 6.07) is 8.65. The van der Waals surface area contributed by atoms with Crippen LogP contribution in [0.2, 0.25) is 0 Å². The predicted octanol–water partition coefficient (Wildman–Crippen LogP) is 2.27. The number of imide groups is 1. The fourth-order valence-corrected chi connectivity index (χ4v) is 1.82. The standard InChI is InChI=1S/C14H9FN2O3/c15-9-3-1-8(2-4-9)12-6-5-10(20-12)7-11-13(18)17-14(19)16-11/h1-7H,(H2,16,17,18,19)/b11-7+. The minimum absolute atomic E-state index is 0.120. The third-order valence-corrected chi connectivity index (χ3v) is 2.76. The van der Waals surface area contributed by atoms with Gasteiger partial charge in [-0.05, 0) is 36.4 Å². The van der Waals surface area contributed by atoms with Gasteiger partial charge in [-0.25, -0.2) is 9.18 Å². The van der Waals surface area contributed by atoms with Crippen LogP contribution in [-0.4, -0.2) is 11.9 Å². The molecule has 1 aromatic carbocycles. The maximum absolute atomic E-state index is 12.8. The van der Waals surface area contributed by atoms with E-state index < -0.39 is 11.9 Å². The molecule has 1 aromatic heterocycles. The minimum atomic E-state index is -0.563. The number of carbonyl (C=O) groups is 2. The highest BCUT2D eigenvalue weighted by molar-refractivity contribution is 6.13. The quantitative estimate of drug-likeness (QED) is 0.650. The first kappa shape index (κ1) is 12.2. The van der Waals surface area contributed by atoms with Crippen LogP contribution in [0.5, 0.6) is 0 Å². The topological polar surface area (TPSA) is 71.3 Å². The summed E-state index contributed by atoms with van der Waals surface area (Å²) in [6.45, 7) is 0. The summed E-state index contributed by atoms with van der Waals surface area (Å²) in [4.78, 5) is 22.3. The lowest BCUT2D eigenvalue weighted by Gasteiger charge is -1.96. The molecular weight excluding hydrogens is 263 g/mol. The van der Waals surface area contributed by atoms with E-state index >= 15 is 0 Å². The summed E-state index contributed by atoms with van der Waals surface area (Å²) in [5, 5.41) is 4.45. The maximum Gasteiger partial charge on any atom is 0.326 e. The normalized spacial score (nSPS) is 16.4. The second-order valence-electron chi connectivity index (χ2n) is 4.18. The van der Waals surface area contributed by atoms with Gasteiger partial charge in [0, 0.05) is 11.6 Å². The number of halogens is 1. The number of hydrogen-bond donors (Lipinski definition) is 2. The molecule has 0 unspecified atom stereocenters. The van der Waals surface area contributed by atoms with Crippen LogP contribution in [0.25, 0.3) is 17.4 Å². The molecular formula is C14H9FN2O3. The van der Waals surface area contributed by atoms with Crippen LogP contribution in [0.15, 0.2) is 46.5 Å². The van der Waals surface area contributed by atoms with Crippen LogP contribution in [0.1, 0.15) is 5.76 Å². The third-order valence-electron chi connectivity index (χ3n) is 2.76. The van der Waals surface area contributed by atoms with Crippen LogP contribution in [-0.2, 0) is 4.79 Å². The number of rotatable bonds is 2. The molecule has 3 rings (SSSR count). The van der Waals surface area contributed by atoms with Crippen molar-refractivity contribution in [2.45, 2.75) is 0 Å². The van der Waals surface area contributed by atoms with Gasteiger partial charge in [0.25, 0.3) is 5.91 Å². The molecule has 20 heavy (non-hydrogen) atoms. The van der Waals surface area contributed by atoms with Gasteiger partial charge < -0.3 is 9.73 Å². The number of furan rings is 1. The van der Waals surface area contributed by atoms with Crippen molar-refractivity contribution in [1.29, 1.82) is 0 Å². The van der Waals surface area contributed by atoms with E-state index in [9.17, 15) is 14.0 Å². The summed E-state index contributed by atoms with van der Waals surface area (Å²) < 4.78 is 18.4. The molecule has 6 heteroatoms. The highest BCUT2D eigenvalue weighted by Crippen LogP contribution is 2.23. The Morgan fingerprint density at radius 1 is 1.00 bits per heavy atom. The number of hydrogen-bond acceptors (Lipinski definition) is 3. The molecule has 0 aliphatic carbocycles. The number of benzene rings is 1. The van der Waals surface area contributed by atoms with Gasteiger partial charge >= 0.3 is 6.03 Å². The molecule has 2 aromatic rings. The summed E-state index contributed by atoms with van der Waals surface area (Å²) in [7, 11) is 0. The molecule has 1 fully saturated rings. The zero-order valence-electron chi connectivity index (χ0n) is 10.1. The van der Waals surface area contributed by atoms with Gasteiger partial charge in [0.1, 0.15) is 23.0 Å². The summed E-state index contributed by atoms with van der Waals surface area (Å²) in [5.74, 6) is 0.126. The monoisotopic (exact) mass is 272 g/mol. The lowest BCUT2D eigenvalue weighted by molar-refractivity contribution is -0.115. The molecule has 2 heterocycles. The summed E-state index contributed by atoms with van der Waals surface area (Å²) in [5.41, 5.74) is 0.839. The molecule has 5 nitrogen and oxygen atoms in total. The Labute approximate surface area is 113 Å². The highest BCUT2D eigenvalue weighted by Gasteiger charge is 2.23. The Hall–Kier alpha value is -2.89. The Balaban J connectivity index is 1.87. The first-order chi connectivity index (χ1) is 9.61. The number of nitrogens with one attached hydrogen (secondary N) is 2. The molecule has 2 N–H and O–H groups in total. The lowest BCUT2D eigenvalue weighted by Crippen LogP contribution is -2.22. The van der Waals surface area contributed by atoms with Crippen LogP contribution in [0.3, 0.4) is 0 Å². The average Bonchev–Trinajstić information content (AvgIpc) is 2.98. The van der Waals surface area contributed by atoms with Gasteiger partial charge in [-0.3, -0.25) is 10.1 Å². The van der Waals surface area contributed by atoms with E-state index in [1.807, 2.05) is 0 Å². The molecule has 1 aliphatic heterocycles. The number of carbonyl (C=O) groups excluding carboxylic acids is 2. The van der Waals surface area contributed by atoms with Gasteiger partial charge in [0.05, 0.1) is 0 Å². The van der Waals surface area contributed by atoms with Crippen LogP contribution in [0, 0.1) is 5.82 Å². The predicted molar refractivity (Wildman–Crippen MR) is 68.8 cm³/mol. The fourth-order valence-electron chi connectivity index (χ4n) is 1.82. The van der Waals surface area contributed by atoms with Crippen molar-refractivity contribution in [2.24, 2.45) is 0 Å². The number of amides is 3. The highest BCUT2D eigenvalue weighted by atomic mass is 19.1. The lowest BCUT2D eigenvalue weighted by atomic mass is 10.2. The molecule has 100 valence electrons. The molecule has 1 saturated heterocycles. The van der Waals surface area contributed by atoms with E-state index in [1.165, 1.54) is 18.2 Å². The third kappa shape index (κ3) is 2.31. The Bertz CT molecular complexity index is 716. The largest absolute Gasteiger partial charge is 0.457 e. The first-order valence-electron chi connectivity index (χ1n) is 5.81. The van der Waals surface area contributed by atoms with Crippen molar-refractivity contribution in [3.05, 3.63) is 53.7 Å². The minimum Gasteiger partial charge on any atom is -0.457 e. The van der Waals surface area contributed by atoms with E-state index in [4.69, 9.17) is 4.42 Å². The second kappa shape index (κ2) is 4.65. The van der Waals surface area contributed by atoms with Gasteiger partial charge in [0.15, 0.2) is 0 Å². The first-order valence-corrected chi connectivity index (χ1v) is 5.81. The van der Waals surface area contributed by atoms with E-state index in [0.29, 0.717) is 11.5 Å². The molecule has 0 saturated carbocycles. The van der Waals surface area contributed by atoms with Gasteiger partial charge in [0.2, 0.25) is 0 Å². The number of urea groups is 1. The van der Waals surface area contributed by atoms with Crippen molar-refractivity contribution in [1.82, 2.24) is 10.6 Å². The van der Waals surface area contributed by atoms with E-state index in [-0.39, 0.29) is 11.5 Å². The maximum atomic E-state index is 12.8. The van der Waals surface area contributed by atoms with Crippen molar-refractivity contribution in [3.63, 3.8) is 0 Å². The zero-order chi connectivity index (χ0) is 14.1. The van der Waals surface area contributed by atoms with Crippen LogP contribution >= 0.6 is 0 Å². The van der Waals surface area contributed by atoms with Crippen molar-refractivity contribution >= 4 is 18.0 Å². The van der Waals surface area contributed by atoms with Gasteiger partial charge in [-0.2, -0.15) is 0 Å². The Morgan fingerprint density at radius 2 is 1.75 bits per heavy atom. The smallest absolute Gasteiger partial charge is 0.326 e. The Morgan fingerprint density at radius 3 is 2.40 bits per heavy atom. The summed E-state index contributed by atoms with van der Waals surface area (Å²) in [6.07, 6.45) is 1.42. The average molecular weight is 272 g/mol. The van der Waals surface area contributed by atoms with Crippen LogP contribution in [0.4, 0.5) is 9.18 Å². The molecule has 3 amide bonds. The second-order valence-corrected chi connectivity index (χ2v) is 4.18. The van der Waals surface area contributed by atoms with Crippen LogP contribution < -0.4 is 10.6 Å². The van der Waals surface area contributed by atoms with E-state index in [0.717, 1.165) is 5.56 Å². The molecule has 1 aliphatic rings. The van der Waals surface area contributed by atoms with Gasteiger partial charge in [-0.1, -0.05) is 0 Å². The van der Waals surface area contributed by atoms with Crippen molar-refractivity contribution in [3.8, 4) is 11.3 Å². The molecule has 0 radical (unpaired) electrons. The summed E-state index contributed by atoms with van der Waals surface area (Å²) >= 11 is 0. The van der Waals surface area contributed by atoms with E-state index in [2.05, 4.69) is 10.6 Å². The molecule has 0 spiro atoms. The zero-order valence-corrected chi connectivity index (χ0v) is 10.1.